The zero-order valence-electron chi connectivity index (χ0n) is 37.2. The van der Waals surface area contributed by atoms with Gasteiger partial charge in [0.2, 0.25) is 17.8 Å². The maximum absolute atomic E-state index is 14.0. The number of aryl methyl sites for hydroxylation is 2. The molecule has 5 aliphatic rings. The van der Waals surface area contributed by atoms with E-state index in [-0.39, 0.29) is 59.6 Å². The van der Waals surface area contributed by atoms with E-state index in [9.17, 15) is 41.1 Å². The summed E-state index contributed by atoms with van der Waals surface area (Å²) >= 11 is 0. The van der Waals surface area contributed by atoms with Crippen molar-refractivity contribution < 1.29 is 36.3 Å². The summed E-state index contributed by atoms with van der Waals surface area (Å²) in [5.74, 6) is -0.546. The Hall–Kier alpha value is -5.01. The van der Waals surface area contributed by atoms with Gasteiger partial charge < -0.3 is 25.1 Å². The number of para-hydroxylation sites is 1. The maximum Gasteiger partial charge on any atom is 0.421 e. The Morgan fingerprint density at radius 3 is 2.29 bits per heavy atom. The molecule has 1 saturated carbocycles. The highest BCUT2D eigenvalue weighted by Crippen LogP contribution is 2.53. The lowest BCUT2D eigenvalue weighted by Gasteiger charge is -2.52. The Morgan fingerprint density at radius 2 is 1.65 bits per heavy atom. The zero-order valence-corrected chi connectivity index (χ0v) is 38.0. The summed E-state index contributed by atoms with van der Waals surface area (Å²) in [7, 11) is -1.88. The van der Waals surface area contributed by atoms with Crippen LogP contribution in [0.2, 0.25) is 0 Å². The molecule has 1 spiro atoms. The van der Waals surface area contributed by atoms with Crippen LogP contribution >= 0.6 is 0 Å². The molecule has 2 amide bonds. The van der Waals surface area contributed by atoms with Crippen LogP contribution in [0.15, 0.2) is 52.3 Å². The van der Waals surface area contributed by atoms with E-state index in [2.05, 4.69) is 30.4 Å². The van der Waals surface area contributed by atoms with Crippen molar-refractivity contribution in [2.75, 3.05) is 60.9 Å². The van der Waals surface area contributed by atoms with E-state index in [1.165, 1.54) is 9.47 Å². The fourth-order valence-electron chi connectivity index (χ4n) is 11.0. The summed E-state index contributed by atoms with van der Waals surface area (Å²) in [6.45, 7) is 8.55. The number of sulfone groups is 1. The van der Waals surface area contributed by atoms with E-state index >= 15 is 0 Å². The van der Waals surface area contributed by atoms with Gasteiger partial charge in [0.25, 0.3) is 0 Å². The maximum atomic E-state index is 14.0. The summed E-state index contributed by atoms with van der Waals surface area (Å²) in [6, 6.07) is 9.86. The molecule has 1 atom stereocenters. The number of anilines is 4. The molecule has 1 unspecified atom stereocenters. The minimum Gasteiger partial charge on any atom is -0.390 e. The zero-order chi connectivity index (χ0) is 46.1. The number of nitrogens with one attached hydrogen (secondary N) is 2. The van der Waals surface area contributed by atoms with E-state index in [0.29, 0.717) is 54.8 Å². The lowest BCUT2D eigenvalue weighted by atomic mass is 9.63. The first-order chi connectivity index (χ1) is 30.9. The number of alkyl halides is 3. The van der Waals surface area contributed by atoms with Crippen LogP contribution in [0.1, 0.15) is 94.7 Å². The highest BCUT2D eigenvalue weighted by molar-refractivity contribution is 7.92. The van der Waals surface area contributed by atoms with E-state index in [1.807, 2.05) is 25.1 Å². The normalized spacial score (nSPS) is 22.4. The van der Waals surface area contributed by atoms with Gasteiger partial charge in [-0.2, -0.15) is 18.2 Å². The molecule has 65 heavy (non-hydrogen) atoms. The molecule has 6 heterocycles. The summed E-state index contributed by atoms with van der Waals surface area (Å²) in [5.41, 5.74) is 1.39. The first-order valence-corrected chi connectivity index (χ1v) is 24.5. The molecule has 1 aliphatic carbocycles. The van der Waals surface area contributed by atoms with Crippen molar-refractivity contribution in [1.29, 1.82) is 0 Å². The fourth-order valence-corrected chi connectivity index (χ4v) is 13.1. The van der Waals surface area contributed by atoms with Crippen molar-refractivity contribution in [3.63, 3.8) is 0 Å². The molecule has 2 aromatic carbocycles. The number of imide groups is 1. The third-order valence-electron chi connectivity index (χ3n) is 15.3. The summed E-state index contributed by atoms with van der Waals surface area (Å²) in [5, 5.41) is 15.6. The number of fused-ring (bicyclic) bond motifs is 1. The third kappa shape index (κ3) is 8.63. The molecule has 4 saturated heterocycles. The number of benzene rings is 2. The van der Waals surface area contributed by atoms with Gasteiger partial charge in [-0.15, -0.1) is 0 Å². The number of likely N-dealkylation sites (tertiary alicyclic amines) is 1. The number of piperidine rings is 4. The Labute approximate surface area is 376 Å². The van der Waals surface area contributed by atoms with Crippen LogP contribution < -0.4 is 26.1 Å². The fraction of sp³-hybridized carbons (Fsp3) is 0.587. The van der Waals surface area contributed by atoms with Crippen LogP contribution in [0.3, 0.4) is 0 Å². The van der Waals surface area contributed by atoms with E-state index in [4.69, 9.17) is 0 Å². The SMILES string of the molecule is CCC1(O)CCN(c2nc(Nc3ccc(S(=O)(=O)C4CC5(CCN(CC6CCN(c7cccc8c7n(C)c(=O)n8C7CCC(=O)NC7=O)CC6)CC5)C4)cc3C)ncc2C(F)(F)F)CC1. The van der Waals surface area contributed by atoms with Crippen molar-refractivity contribution in [3.8, 4) is 0 Å². The lowest BCUT2D eigenvalue weighted by Crippen LogP contribution is -2.52. The number of carbonyl (C=O) groups is 2. The molecule has 350 valence electrons. The second-order valence-electron chi connectivity index (χ2n) is 19.2. The molecule has 0 bridgehead atoms. The number of imidazole rings is 1. The second kappa shape index (κ2) is 17.0. The molecule has 4 aromatic rings. The minimum atomic E-state index is -4.67. The number of rotatable bonds is 10. The molecule has 0 radical (unpaired) electrons. The monoisotopic (exact) mass is 921 g/mol. The van der Waals surface area contributed by atoms with Gasteiger partial charge in [-0.05, 0) is 131 Å². The van der Waals surface area contributed by atoms with Gasteiger partial charge in [0.15, 0.2) is 9.84 Å². The molecular formula is C46H58F3N9O6S. The predicted molar refractivity (Wildman–Crippen MR) is 240 cm³/mol. The first kappa shape index (κ1) is 45.2. The smallest absolute Gasteiger partial charge is 0.390 e. The Balaban J connectivity index is 0.774. The van der Waals surface area contributed by atoms with Crippen molar-refractivity contribution >= 4 is 55.8 Å². The number of amides is 2. The standard InChI is InChI=1S/C46H58F3N9O6S/c1-4-45(62)16-22-57(23-17-45)40-33(46(47,48)49)27-50-42(53-40)51-34-9-8-31(24-29(34)2)65(63,64)32-25-44(26-32)14-20-55(21-15-44)28-30-12-18-56(19-13-30)35-6-5-7-36-39(35)54(3)43(61)58(36)37-10-11-38(59)52-41(37)60/h5-9,24,27,30,32,37,62H,4,10-23,25-26,28H2,1-3H3,(H,50,51,53)(H,52,59,60). The van der Waals surface area contributed by atoms with Crippen LogP contribution in [0.25, 0.3) is 11.0 Å². The van der Waals surface area contributed by atoms with E-state index in [1.54, 1.807) is 36.7 Å². The number of aromatic nitrogens is 4. The number of halogens is 3. The van der Waals surface area contributed by atoms with Crippen molar-refractivity contribution in [2.24, 2.45) is 18.4 Å². The number of carbonyl (C=O) groups excluding carboxylic acids is 2. The van der Waals surface area contributed by atoms with Crippen LogP contribution in [-0.2, 0) is 32.7 Å². The van der Waals surface area contributed by atoms with Gasteiger partial charge in [0, 0.05) is 58.1 Å². The Bertz CT molecular complexity index is 2650. The average Bonchev–Trinajstić information content (AvgIpc) is 3.52. The highest BCUT2D eigenvalue weighted by atomic mass is 32.2. The lowest BCUT2D eigenvalue weighted by molar-refractivity contribution is -0.138. The number of nitrogens with zero attached hydrogens (tertiary/aromatic N) is 7. The highest BCUT2D eigenvalue weighted by Gasteiger charge is 2.51. The Morgan fingerprint density at radius 1 is 0.938 bits per heavy atom. The quantitative estimate of drug-likeness (QED) is 0.162. The van der Waals surface area contributed by atoms with Crippen LogP contribution in [0.4, 0.5) is 36.3 Å². The molecule has 19 heteroatoms. The molecular weight excluding hydrogens is 864 g/mol. The van der Waals surface area contributed by atoms with Crippen molar-refractivity contribution in [2.45, 2.75) is 112 Å². The molecule has 5 fully saturated rings. The topological polar surface area (TPSA) is 175 Å². The first-order valence-electron chi connectivity index (χ1n) is 22.9. The van der Waals surface area contributed by atoms with Crippen LogP contribution in [-0.4, -0.2) is 106 Å². The van der Waals surface area contributed by atoms with Gasteiger partial charge in [-0.3, -0.25) is 24.0 Å². The van der Waals surface area contributed by atoms with Crippen molar-refractivity contribution in [3.05, 3.63) is 64.2 Å². The molecule has 2 aromatic heterocycles. The van der Waals surface area contributed by atoms with Crippen molar-refractivity contribution in [1.82, 2.24) is 29.3 Å². The second-order valence-corrected chi connectivity index (χ2v) is 21.5. The summed E-state index contributed by atoms with van der Waals surface area (Å²) in [4.78, 5) is 52.8. The summed E-state index contributed by atoms with van der Waals surface area (Å²) in [6.07, 6.45) is 2.87. The van der Waals surface area contributed by atoms with Gasteiger partial charge in [-0.1, -0.05) is 13.0 Å². The molecule has 15 nitrogen and oxygen atoms in total. The minimum absolute atomic E-state index is 0.00813. The number of hydrogen-bond donors (Lipinski definition) is 3. The van der Waals surface area contributed by atoms with Crippen LogP contribution in [0, 0.1) is 18.3 Å². The van der Waals surface area contributed by atoms with Crippen LogP contribution in [0.5, 0.6) is 0 Å². The molecule has 3 N–H and O–H groups in total. The largest absolute Gasteiger partial charge is 0.421 e. The number of aliphatic hydroxyl groups is 1. The number of hydrogen-bond acceptors (Lipinski definition) is 12. The average molecular weight is 922 g/mol. The van der Waals surface area contributed by atoms with Gasteiger partial charge in [0.1, 0.15) is 17.4 Å². The van der Waals surface area contributed by atoms with Gasteiger partial charge >= 0.3 is 11.9 Å². The molecule has 9 rings (SSSR count). The van der Waals surface area contributed by atoms with E-state index < -0.39 is 44.4 Å². The summed E-state index contributed by atoms with van der Waals surface area (Å²) < 4.78 is 73.0. The van der Waals surface area contributed by atoms with Gasteiger partial charge in [0.05, 0.1) is 32.5 Å². The third-order valence-corrected chi connectivity index (χ3v) is 17.4. The van der Waals surface area contributed by atoms with Gasteiger partial charge in [-0.25, -0.2) is 18.2 Å². The Kier molecular flexibility index (Phi) is 11.8. The predicted octanol–water partition coefficient (Wildman–Crippen LogP) is 5.85. The van der Waals surface area contributed by atoms with E-state index in [0.717, 1.165) is 75.8 Å². The molecule has 4 aliphatic heterocycles.